The second kappa shape index (κ2) is 8.89. The number of fused-ring (bicyclic) bond motifs is 4. The minimum Gasteiger partial charge on any atom is -0.383 e. The number of amides is 1. The van der Waals surface area contributed by atoms with Gasteiger partial charge in [-0.25, -0.2) is 14.5 Å². The van der Waals surface area contributed by atoms with Gasteiger partial charge in [-0.3, -0.25) is 4.79 Å². The van der Waals surface area contributed by atoms with Crippen molar-refractivity contribution >= 4 is 56.1 Å². The molecule has 0 aromatic carbocycles. The summed E-state index contributed by atoms with van der Waals surface area (Å²) in [6.45, 7) is 2.54. The summed E-state index contributed by atoms with van der Waals surface area (Å²) < 4.78 is 6.95. The summed E-state index contributed by atoms with van der Waals surface area (Å²) in [4.78, 5) is 26.1. The molecule has 0 bridgehead atoms. The van der Waals surface area contributed by atoms with Gasteiger partial charge in [-0.1, -0.05) is 11.6 Å². The van der Waals surface area contributed by atoms with Crippen molar-refractivity contribution in [3.05, 3.63) is 46.3 Å². The molecule has 0 saturated carbocycles. The summed E-state index contributed by atoms with van der Waals surface area (Å²) in [6.07, 6.45) is 7.42. The predicted octanol–water partition coefficient (Wildman–Crippen LogP) is 4.33. The molecule has 8 nitrogen and oxygen atoms in total. The van der Waals surface area contributed by atoms with E-state index in [9.17, 15) is 4.79 Å². The van der Waals surface area contributed by atoms with Crippen LogP contribution in [-0.2, 0) is 22.4 Å². The van der Waals surface area contributed by atoms with Crippen molar-refractivity contribution in [1.29, 1.82) is 0 Å². The summed E-state index contributed by atoms with van der Waals surface area (Å²) in [6, 6.07) is 3.92. The molecule has 0 fully saturated rings. The number of nitrogens with one attached hydrogen (secondary N) is 1. The number of hydrogen-bond donors (Lipinski definition) is 1. The van der Waals surface area contributed by atoms with Crippen LogP contribution < -0.4 is 5.32 Å². The highest BCUT2D eigenvalue weighted by Gasteiger charge is 2.32. The maximum atomic E-state index is 13.1. The molecule has 10 heteroatoms. The van der Waals surface area contributed by atoms with E-state index in [0.717, 1.165) is 46.5 Å². The highest BCUT2D eigenvalue weighted by Crippen LogP contribution is 2.41. The van der Waals surface area contributed by atoms with Crippen LogP contribution in [0.25, 0.3) is 15.7 Å². The van der Waals surface area contributed by atoms with E-state index in [1.54, 1.807) is 41.7 Å². The number of methoxy groups -OCH3 is 1. The molecule has 1 aliphatic carbocycles. The van der Waals surface area contributed by atoms with Crippen LogP contribution in [0.1, 0.15) is 23.8 Å². The van der Waals surface area contributed by atoms with Crippen LogP contribution in [-0.4, -0.2) is 57.2 Å². The molecule has 2 atom stereocenters. The molecular formula is C23H25ClN6O2S. The lowest BCUT2D eigenvalue weighted by Crippen LogP contribution is -2.42. The molecule has 4 aromatic rings. The Hall–Kier alpha value is -2.75. The first kappa shape index (κ1) is 22.1. The maximum Gasteiger partial charge on any atom is 0.226 e. The quantitative estimate of drug-likeness (QED) is 0.438. The van der Waals surface area contributed by atoms with Crippen molar-refractivity contribution in [2.75, 3.05) is 26.1 Å². The number of aromatic nitrogens is 4. The SMILES string of the molecule is COCC(C)N(C)C(=O)[C@H]1CCc2c(sc3ncnc(Nc4cc5ccnn5cc4Cl)c23)C1. The molecule has 1 unspecified atom stereocenters. The van der Waals surface area contributed by atoms with Crippen LogP contribution in [0.3, 0.4) is 0 Å². The van der Waals surface area contributed by atoms with Crippen molar-refractivity contribution < 1.29 is 9.53 Å². The molecule has 0 aliphatic heterocycles. The van der Waals surface area contributed by atoms with Crippen LogP contribution in [0.15, 0.2) is 30.9 Å². The van der Waals surface area contributed by atoms with Crippen LogP contribution in [0.2, 0.25) is 5.02 Å². The number of ether oxygens (including phenoxy) is 1. The Labute approximate surface area is 200 Å². The number of pyridine rings is 1. The van der Waals surface area contributed by atoms with Crippen molar-refractivity contribution in [2.24, 2.45) is 5.92 Å². The molecule has 0 spiro atoms. The summed E-state index contributed by atoms with van der Waals surface area (Å²) in [5, 5.41) is 9.21. The fourth-order valence-corrected chi connectivity index (χ4v) is 5.90. The van der Waals surface area contributed by atoms with Gasteiger partial charge >= 0.3 is 0 Å². The number of nitrogens with zero attached hydrogens (tertiary/aromatic N) is 5. The standard InChI is InChI=1S/C23H25ClN6O2S/c1-13(11-32-3)29(2)23(31)14-4-5-16-19(8-14)33-22-20(16)21(25-12-26-22)28-18-9-15-6-7-27-30(15)10-17(18)24/h6-7,9-10,12-14H,4-5,8,11H2,1-3H3,(H,25,26,28)/t13?,14-/m0/s1. The summed E-state index contributed by atoms with van der Waals surface area (Å²) >= 11 is 8.15. The molecule has 1 amide bonds. The summed E-state index contributed by atoms with van der Waals surface area (Å²) in [7, 11) is 3.52. The highest BCUT2D eigenvalue weighted by molar-refractivity contribution is 7.19. The fourth-order valence-electron chi connectivity index (χ4n) is 4.44. The number of carbonyl (C=O) groups is 1. The zero-order valence-corrected chi connectivity index (χ0v) is 20.3. The van der Waals surface area contributed by atoms with E-state index in [1.165, 1.54) is 10.4 Å². The average Bonchev–Trinajstić information content (AvgIpc) is 3.42. The largest absolute Gasteiger partial charge is 0.383 e. The maximum absolute atomic E-state index is 13.1. The molecule has 172 valence electrons. The Kier molecular flexibility index (Phi) is 5.94. The fraction of sp³-hybridized carbons (Fsp3) is 0.391. The van der Waals surface area contributed by atoms with Gasteiger partial charge in [-0.05, 0) is 43.9 Å². The van der Waals surface area contributed by atoms with Crippen molar-refractivity contribution in [3.63, 3.8) is 0 Å². The topological polar surface area (TPSA) is 84.6 Å². The van der Waals surface area contributed by atoms with Gasteiger partial charge in [0.2, 0.25) is 5.91 Å². The number of thiophene rings is 1. The molecular weight excluding hydrogens is 460 g/mol. The number of halogens is 1. The lowest BCUT2D eigenvalue weighted by molar-refractivity contribution is -0.137. The first-order valence-electron chi connectivity index (χ1n) is 10.9. The molecule has 1 N–H and O–H groups in total. The van der Waals surface area contributed by atoms with Gasteiger partial charge in [0.05, 0.1) is 34.3 Å². The van der Waals surface area contributed by atoms with Crippen LogP contribution in [0, 0.1) is 5.92 Å². The van der Waals surface area contributed by atoms with Crippen LogP contribution >= 0.6 is 22.9 Å². The van der Waals surface area contributed by atoms with Gasteiger partial charge in [0, 0.05) is 37.3 Å². The van der Waals surface area contributed by atoms with Crippen LogP contribution in [0.4, 0.5) is 11.5 Å². The number of rotatable bonds is 6. The molecule has 33 heavy (non-hydrogen) atoms. The monoisotopic (exact) mass is 484 g/mol. The van der Waals surface area contributed by atoms with Crippen LogP contribution in [0.5, 0.6) is 0 Å². The van der Waals surface area contributed by atoms with E-state index in [2.05, 4.69) is 20.4 Å². The van der Waals surface area contributed by atoms with E-state index in [4.69, 9.17) is 16.3 Å². The zero-order chi connectivity index (χ0) is 23.1. The summed E-state index contributed by atoms with van der Waals surface area (Å²) in [5.74, 6) is 0.879. The zero-order valence-electron chi connectivity index (χ0n) is 18.7. The third kappa shape index (κ3) is 4.05. The Bertz CT molecular complexity index is 1340. The summed E-state index contributed by atoms with van der Waals surface area (Å²) in [5.41, 5.74) is 2.94. The van der Waals surface area contributed by atoms with Gasteiger partial charge in [-0.2, -0.15) is 5.10 Å². The number of hydrogen-bond acceptors (Lipinski definition) is 7. The van der Waals surface area contributed by atoms with E-state index < -0.39 is 0 Å². The molecule has 5 rings (SSSR count). The number of aryl methyl sites for hydroxylation is 1. The Morgan fingerprint density at radius 3 is 3.12 bits per heavy atom. The lowest BCUT2D eigenvalue weighted by atomic mass is 9.86. The normalized spacial score (nSPS) is 16.7. The van der Waals surface area contributed by atoms with E-state index >= 15 is 0 Å². The second-order valence-corrected chi connectivity index (χ2v) is 9.95. The molecule has 4 heterocycles. The van der Waals surface area contributed by atoms with Crippen molar-refractivity contribution in [2.45, 2.75) is 32.2 Å². The number of likely N-dealkylation sites (N-methyl/N-ethyl adjacent to an activating group) is 1. The second-order valence-electron chi connectivity index (χ2n) is 8.46. The highest BCUT2D eigenvalue weighted by atomic mass is 35.5. The van der Waals surface area contributed by atoms with Gasteiger partial charge in [0.1, 0.15) is 17.0 Å². The Balaban J connectivity index is 1.44. The number of anilines is 2. The van der Waals surface area contributed by atoms with Gasteiger partial charge in [-0.15, -0.1) is 11.3 Å². The van der Waals surface area contributed by atoms with E-state index in [0.29, 0.717) is 11.6 Å². The lowest BCUT2D eigenvalue weighted by Gasteiger charge is -2.30. The van der Waals surface area contributed by atoms with E-state index in [1.807, 2.05) is 31.0 Å². The minimum atomic E-state index is -0.0297. The third-order valence-electron chi connectivity index (χ3n) is 6.35. The third-order valence-corrected chi connectivity index (χ3v) is 7.81. The van der Waals surface area contributed by atoms with Gasteiger partial charge in [0.25, 0.3) is 0 Å². The smallest absolute Gasteiger partial charge is 0.226 e. The first-order valence-corrected chi connectivity index (χ1v) is 12.1. The van der Waals surface area contributed by atoms with E-state index in [-0.39, 0.29) is 17.9 Å². The van der Waals surface area contributed by atoms with Crippen molar-refractivity contribution in [1.82, 2.24) is 24.5 Å². The molecule has 1 aliphatic rings. The average molecular weight is 485 g/mol. The molecule has 4 aromatic heterocycles. The Morgan fingerprint density at radius 2 is 2.30 bits per heavy atom. The molecule has 0 radical (unpaired) electrons. The van der Waals surface area contributed by atoms with Gasteiger partial charge in [0.15, 0.2) is 0 Å². The Morgan fingerprint density at radius 1 is 1.45 bits per heavy atom. The minimum absolute atomic E-state index is 0.0297. The molecule has 0 saturated heterocycles. The number of carbonyl (C=O) groups excluding carboxylic acids is 1. The van der Waals surface area contributed by atoms with Crippen molar-refractivity contribution in [3.8, 4) is 0 Å². The first-order chi connectivity index (χ1) is 16.0. The predicted molar refractivity (Wildman–Crippen MR) is 131 cm³/mol. The van der Waals surface area contributed by atoms with Gasteiger partial charge < -0.3 is 15.0 Å².